The molecule has 0 aromatic heterocycles. The smallest absolute Gasteiger partial charge is 0.409 e. The van der Waals surface area contributed by atoms with Crippen molar-refractivity contribution in [3.8, 4) is 0 Å². The molecule has 0 aromatic carbocycles. The number of nitrogens with one attached hydrogen (secondary N) is 1. The Hall–Kier alpha value is -1.94. The minimum absolute atomic E-state index is 0.219. The second-order valence-corrected chi connectivity index (χ2v) is 2.36. The first-order chi connectivity index (χ1) is 6.57. The number of ketones is 1. The van der Waals surface area contributed by atoms with E-state index in [9.17, 15) is 14.4 Å². The largest absolute Gasteiger partial charge is 0.441 e. The highest BCUT2D eigenvalue weighted by atomic mass is 16.6. The molecule has 0 spiro atoms. The number of isocyanates is 1. The topological polar surface area (TPSA) is 84.8 Å². The molecule has 6 nitrogen and oxygen atoms in total. The molecule has 0 atom stereocenters. The number of nitrogens with zero attached hydrogens (tertiary/aromatic N) is 1. The molecule has 0 heterocycles. The molecule has 0 radical (unpaired) electrons. The summed E-state index contributed by atoms with van der Waals surface area (Å²) < 4.78 is 4.46. The van der Waals surface area contributed by atoms with Crippen LogP contribution in [0.4, 0.5) is 4.79 Å². The highest BCUT2D eigenvalue weighted by molar-refractivity contribution is 5.96. The van der Waals surface area contributed by atoms with Crippen molar-refractivity contribution >= 4 is 18.0 Å². The van der Waals surface area contributed by atoms with Crippen LogP contribution in [0, 0.1) is 0 Å². The van der Waals surface area contributed by atoms with Crippen LogP contribution in [0.5, 0.6) is 0 Å². The summed E-state index contributed by atoms with van der Waals surface area (Å²) >= 11 is 0. The Labute approximate surface area is 80.6 Å². The van der Waals surface area contributed by atoms with Gasteiger partial charge in [-0.15, -0.1) is 0 Å². The maximum absolute atomic E-state index is 10.9. The number of Topliss-reactive ketones (excluding diaryl/α,β-unsaturated/α-hetero) is 1. The fraction of sp³-hybridized carbons (Fsp3) is 0.375. The molecule has 6 heteroatoms. The number of ether oxygens (including phenoxy) is 1. The molecule has 1 amide bonds. The third-order valence-electron chi connectivity index (χ3n) is 1.18. The normalized spacial score (nSPS) is 8.36. The van der Waals surface area contributed by atoms with Crippen LogP contribution in [0.2, 0.25) is 0 Å². The molecule has 0 aromatic rings. The van der Waals surface area contributed by atoms with Crippen LogP contribution in [0.3, 0.4) is 0 Å². The summed E-state index contributed by atoms with van der Waals surface area (Å²) in [5.74, 6) is -0.362. The van der Waals surface area contributed by atoms with Gasteiger partial charge in [-0.1, -0.05) is 6.58 Å². The number of hydrogen-bond donors (Lipinski definition) is 1. The Morgan fingerprint density at radius 3 is 2.71 bits per heavy atom. The number of alkyl carbamates (subject to hydrolysis) is 1. The van der Waals surface area contributed by atoms with Crippen LogP contribution in [0.1, 0.15) is 6.92 Å². The predicted octanol–water partition coefficient (Wildman–Crippen LogP) is 0.151. The fourth-order valence-electron chi connectivity index (χ4n) is 0.442. The molecule has 0 aliphatic carbocycles. The second kappa shape index (κ2) is 6.56. The molecular weight excluding hydrogens is 188 g/mol. The van der Waals surface area contributed by atoms with Crippen LogP contribution < -0.4 is 5.32 Å². The van der Waals surface area contributed by atoms with E-state index in [0.717, 1.165) is 0 Å². The highest BCUT2D eigenvalue weighted by Crippen LogP contribution is 1.90. The van der Waals surface area contributed by atoms with Crippen LogP contribution in [-0.2, 0) is 14.3 Å². The van der Waals surface area contributed by atoms with Crippen molar-refractivity contribution in [3.05, 3.63) is 12.2 Å². The molecule has 0 fully saturated rings. The highest BCUT2D eigenvalue weighted by Gasteiger charge is 2.06. The van der Waals surface area contributed by atoms with Crippen molar-refractivity contribution in [3.63, 3.8) is 0 Å². The third kappa shape index (κ3) is 5.68. The van der Waals surface area contributed by atoms with E-state index in [-0.39, 0.29) is 19.1 Å². The zero-order chi connectivity index (χ0) is 11.0. The second-order valence-electron chi connectivity index (χ2n) is 2.36. The third-order valence-corrected chi connectivity index (χ3v) is 1.18. The lowest BCUT2D eigenvalue weighted by molar-refractivity contribution is -0.118. The molecule has 0 rings (SSSR count). The maximum Gasteiger partial charge on any atom is 0.409 e. The van der Waals surface area contributed by atoms with E-state index in [0.29, 0.717) is 5.57 Å². The summed E-state index contributed by atoms with van der Waals surface area (Å²) in [6.07, 6.45) is 0.409. The molecule has 0 aliphatic rings. The Bertz CT molecular complexity index is 292. The first-order valence-corrected chi connectivity index (χ1v) is 3.71. The molecule has 0 saturated carbocycles. The summed E-state index contributed by atoms with van der Waals surface area (Å²) in [7, 11) is 0. The van der Waals surface area contributed by atoms with Crippen molar-refractivity contribution < 1.29 is 19.1 Å². The Morgan fingerprint density at radius 2 is 2.21 bits per heavy atom. The number of carbonyl (C=O) groups excluding carboxylic acids is 3. The van der Waals surface area contributed by atoms with E-state index in [2.05, 4.69) is 21.6 Å². The summed E-state index contributed by atoms with van der Waals surface area (Å²) in [5.41, 5.74) is 0.309. The van der Waals surface area contributed by atoms with Crippen molar-refractivity contribution in [2.24, 2.45) is 4.99 Å². The molecule has 1 N–H and O–H groups in total. The van der Waals surface area contributed by atoms with Crippen molar-refractivity contribution in [2.45, 2.75) is 6.92 Å². The summed E-state index contributed by atoms with van der Waals surface area (Å²) in [6.45, 7) is 4.30. The van der Waals surface area contributed by atoms with E-state index < -0.39 is 6.09 Å². The van der Waals surface area contributed by atoms with E-state index in [1.165, 1.54) is 13.0 Å². The van der Waals surface area contributed by atoms with Gasteiger partial charge in [0, 0.05) is 0 Å². The molecular formula is C8H10N2O4. The Balaban J connectivity index is 3.69. The lowest BCUT2D eigenvalue weighted by Gasteiger charge is -2.03. The van der Waals surface area contributed by atoms with Gasteiger partial charge in [0.05, 0.1) is 0 Å². The van der Waals surface area contributed by atoms with Crippen LogP contribution in [-0.4, -0.2) is 31.2 Å². The Morgan fingerprint density at radius 1 is 1.57 bits per heavy atom. The molecule has 0 saturated heterocycles. The fourth-order valence-corrected chi connectivity index (χ4v) is 0.442. The number of hydrogen-bond acceptors (Lipinski definition) is 5. The lowest BCUT2D eigenvalue weighted by Crippen LogP contribution is -2.26. The summed E-state index contributed by atoms with van der Waals surface area (Å²) in [6, 6.07) is 0. The van der Waals surface area contributed by atoms with Crippen LogP contribution >= 0.6 is 0 Å². The van der Waals surface area contributed by atoms with Crippen LogP contribution in [0.25, 0.3) is 0 Å². The molecule has 14 heavy (non-hydrogen) atoms. The molecule has 76 valence electrons. The van der Waals surface area contributed by atoms with Crippen molar-refractivity contribution in [1.82, 2.24) is 5.32 Å². The monoisotopic (exact) mass is 198 g/mol. The van der Waals surface area contributed by atoms with Crippen molar-refractivity contribution in [2.75, 3.05) is 13.3 Å². The van der Waals surface area contributed by atoms with E-state index >= 15 is 0 Å². The van der Waals surface area contributed by atoms with Gasteiger partial charge >= 0.3 is 6.09 Å². The van der Waals surface area contributed by atoms with Gasteiger partial charge in [0.2, 0.25) is 6.08 Å². The van der Waals surface area contributed by atoms with Gasteiger partial charge in [-0.05, 0) is 12.5 Å². The number of aliphatic imine (C=N–C) groups is 1. The molecule has 0 aliphatic heterocycles. The first-order valence-electron chi connectivity index (χ1n) is 3.71. The standard InChI is InChI=1S/C8H10N2O4/c1-6(2)7(12)3-14-8(13)10-4-9-5-11/h1,3-4H2,2H3,(H,10,13). The summed E-state index contributed by atoms with van der Waals surface area (Å²) in [4.78, 5) is 34.3. The quantitative estimate of drug-likeness (QED) is 0.387. The van der Waals surface area contributed by atoms with Gasteiger partial charge in [-0.25, -0.2) is 9.59 Å². The predicted molar refractivity (Wildman–Crippen MR) is 47.3 cm³/mol. The first kappa shape index (κ1) is 12.1. The zero-order valence-corrected chi connectivity index (χ0v) is 7.70. The van der Waals surface area contributed by atoms with Crippen LogP contribution in [0.15, 0.2) is 17.1 Å². The minimum atomic E-state index is -0.821. The zero-order valence-electron chi connectivity index (χ0n) is 7.70. The average molecular weight is 198 g/mol. The Kier molecular flexibility index (Phi) is 5.65. The van der Waals surface area contributed by atoms with E-state index in [1.807, 2.05) is 0 Å². The average Bonchev–Trinajstić information content (AvgIpc) is 2.14. The van der Waals surface area contributed by atoms with Gasteiger partial charge in [-0.3, -0.25) is 4.79 Å². The maximum atomic E-state index is 10.9. The van der Waals surface area contributed by atoms with E-state index in [1.54, 1.807) is 0 Å². The number of carbonyl (C=O) groups is 2. The van der Waals surface area contributed by atoms with Crippen molar-refractivity contribution in [1.29, 1.82) is 0 Å². The molecule has 0 unspecified atom stereocenters. The van der Waals surface area contributed by atoms with E-state index in [4.69, 9.17) is 0 Å². The van der Waals surface area contributed by atoms with Gasteiger partial charge < -0.3 is 10.1 Å². The number of rotatable bonds is 5. The summed E-state index contributed by atoms with van der Waals surface area (Å²) in [5, 5.41) is 2.11. The van der Waals surface area contributed by atoms with Gasteiger partial charge in [0.25, 0.3) is 0 Å². The minimum Gasteiger partial charge on any atom is -0.441 e. The number of amides is 1. The van der Waals surface area contributed by atoms with Gasteiger partial charge in [0.15, 0.2) is 12.4 Å². The SMILES string of the molecule is C=C(C)C(=O)COC(=O)NCN=C=O. The molecule has 0 bridgehead atoms. The van der Waals surface area contributed by atoms with Gasteiger partial charge in [-0.2, -0.15) is 4.99 Å². The lowest BCUT2D eigenvalue weighted by atomic mass is 10.2. The van der Waals surface area contributed by atoms with Gasteiger partial charge in [0.1, 0.15) is 6.67 Å².